The predicted molar refractivity (Wildman–Crippen MR) is 113 cm³/mol. The molecule has 8 heteroatoms. The van der Waals surface area contributed by atoms with Gasteiger partial charge in [-0.3, -0.25) is 14.5 Å². The summed E-state index contributed by atoms with van der Waals surface area (Å²) in [5.41, 5.74) is 2.39. The Hall–Kier alpha value is -3.26. The van der Waals surface area contributed by atoms with Gasteiger partial charge < -0.3 is 15.6 Å². The van der Waals surface area contributed by atoms with Crippen molar-refractivity contribution in [1.29, 1.82) is 0 Å². The standard InChI is InChI=1S/C22H26FN5O2/c1-14(28(2)3)21(29)27-19(11-15-4-6-18(23)7-5-15)22(30)26-13-16-10-17-8-9-24-20(17)25-12-16/h4-10,12,14,19H,11,13H2,1-3H3,(H,24,25)(H,26,30)(H,27,29)/t14-,19-/m0/s1. The summed E-state index contributed by atoms with van der Waals surface area (Å²) in [6.07, 6.45) is 3.76. The van der Waals surface area contributed by atoms with E-state index in [1.165, 1.54) is 12.1 Å². The number of rotatable bonds is 8. The van der Waals surface area contributed by atoms with Crippen LogP contribution >= 0.6 is 0 Å². The number of hydrogen-bond donors (Lipinski definition) is 3. The minimum atomic E-state index is -0.783. The summed E-state index contributed by atoms with van der Waals surface area (Å²) >= 11 is 0. The molecule has 1 aromatic carbocycles. The van der Waals surface area contributed by atoms with Crippen LogP contribution in [0.1, 0.15) is 18.1 Å². The van der Waals surface area contributed by atoms with Crippen molar-refractivity contribution >= 4 is 22.8 Å². The molecule has 3 aromatic rings. The van der Waals surface area contributed by atoms with Crippen LogP contribution in [0.15, 0.2) is 48.8 Å². The first-order chi connectivity index (χ1) is 14.3. The van der Waals surface area contributed by atoms with Gasteiger partial charge in [-0.15, -0.1) is 0 Å². The number of likely N-dealkylation sites (N-methyl/N-ethyl adjacent to an activating group) is 1. The van der Waals surface area contributed by atoms with Crippen LogP contribution in [-0.2, 0) is 22.6 Å². The summed E-state index contributed by atoms with van der Waals surface area (Å²) in [4.78, 5) is 34.5. The molecule has 0 unspecified atom stereocenters. The third-order valence-corrected chi connectivity index (χ3v) is 5.06. The molecule has 0 spiro atoms. The molecule has 2 amide bonds. The first kappa shape index (κ1) is 21.4. The molecule has 3 rings (SSSR count). The molecular weight excluding hydrogens is 385 g/mol. The van der Waals surface area contributed by atoms with Gasteiger partial charge in [0.1, 0.15) is 17.5 Å². The largest absolute Gasteiger partial charge is 0.350 e. The Labute approximate surface area is 174 Å². The van der Waals surface area contributed by atoms with Crippen molar-refractivity contribution in [1.82, 2.24) is 25.5 Å². The van der Waals surface area contributed by atoms with Gasteiger partial charge in [0.15, 0.2) is 0 Å². The van der Waals surface area contributed by atoms with Gasteiger partial charge in [-0.2, -0.15) is 0 Å². The molecule has 0 saturated heterocycles. The molecular formula is C22H26FN5O2. The molecule has 0 aliphatic carbocycles. The molecule has 0 saturated carbocycles. The van der Waals surface area contributed by atoms with Crippen LogP contribution in [0.5, 0.6) is 0 Å². The molecule has 2 heterocycles. The quantitative estimate of drug-likeness (QED) is 0.529. The van der Waals surface area contributed by atoms with Gasteiger partial charge in [0.25, 0.3) is 0 Å². The van der Waals surface area contributed by atoms with Gasteiger partial charge in [0, 0.05) is 30.7 Å². The zero-order chi connectivity index (χ0) is 21.7. The van der Waals surface area contributed by atoms with Crippen LogP contribution in [-0.4, -0.2) is 52.9 Å². The molecule has 0 radical (unpaired) electrons. The maximum atomic E-state index is 13.2. The lowest BCUT2D eigenvalue weighted by molar-refractivity contribution is -0.131. The van der Waals surface area contributed by atoms with E-state index in [1.807, 2.05) is 12.1 Å². The molecule has 0 aliphatic rings. The lowest BCUT2D eigenvalue weighted by Crippen LogP contribution is -2.52. The average Bonchev–Trinajstić information content (AvgIpc) is 3.20. The van der Waals surface area contributed by atoms with Crippen molar-refractivity contribution in [2.45, 2.75) is 32.0 Å². The van der Waals surface area contributed by atoms with Gasteiger partial charge in [0.05, 0.1) is 6.04 Å². The zero-order valence-electron chi connectivity index (χ0n) is 17.3. The number of aromatic amines is 1. The minimum Gasteiger partial charge on any atom is -0.350 e. The van der Waals surface area contributed by atoms with Crippen molar-refractivity contribution in [3.05, 3.63) is 65.7 Å². The highest BCUT2D eigenvalue weighted by atomic mass is 19.1. The van der Waals surface area contributed by atoms with Crippen LogP contribution in [0.4, 0.5) is 4.39 Å². The van der Waals surface area contributed by atoms with E-state index in [0.29, 0.717) is 0 Å². The number of aromatic nitrogens is 2. The first-order valence-electron chi connectivity index (χ1n) is 9.74. The van der Waals surface area contributed by atoms with Crippen molar-refractivity contribution in [2.75, 3.05) is 14.1 Å². The van der Waals surface area contributed by atoms with Gasteiger partial charge >= 0.3 is 0 Å². The maximum absolute atomic E-state index is 13.2. The Morgan fingerprint density at radius 1 is 1.13 bits per heavy atom. The van der Waals surface area contributed by atoms with E-state index < -0.39 is 12.1 Å². The van der Waals surface area contributed by atoms with Gasteiger partial charge in [-0.25, -0.2) is 9.37 Å². The van der Waals surface area contributed by atoms with Crippen molar-refractivity contribution < 1.29 is 14.0 Å². The number of benzene rings is 1. The zero-order valence-corrected chi connectivity index (χ0v) is 17.3. The van der Waals surface area contributed by atoms with E-state index in [0.717, 1.165) is 22.2 Å². The van der Waals surface area contributed by atoms with Crippen molar-refractivity contribution in [3.8, 4) is 0 Å². The van der Waals surface area contributed by atoms with Crippen LogP contribution in [0.2, 0.25) is 0 Å². The number of halogens is 1. The number of H-pyrrole nitrogens is 1. The third kappa shape index (κ3) is 5.42. The Kier molecular flexibility index (Phi) is 6.79. The second-order valence-corrected chi connectivity index (χ2v) is 7.51. The summed E-state index contributed by atoms with van der Waals surface area (Å²) in [5.74, 6) is -0.914. The summed E-state index contributed by atoms with van der Waals surface area (Å²) in [6, 6.07) is 8.58. The Bertz CT molecular complexity index is 1020. The highest BCUT2D eigenvalue weighted by Crippen LogP contribution is 2.12. The fourth-order valence-electron chi connectivity index (χ4n) is 2.99. The molecule has 158 valence electrons. The third-order valence-electron chi connectivity index (χ3n) is 5.06. The second-order valence-electron chi connectivity index (χ2n) is 7.51. The lowest BCUT2D eigenvalue weighted by atomic mass is 10.0. The molecule has 30 heavy (non-hydrogen) atoms. The normalized spacial score (nSPS) is 13.2. The SMILES string of the molecule is C[C@@H](C(=O)N[C@@H](Cc1ccc(F)cc1)C(=O)NCc1cnc2[nH]ccc2c1)N(C)C. The maximum Gasteiger partial charge on any atom is 0.243 e. The summed E-state index contributed by atoms with van der Waals surface area (Å²) < 4.78 is 13.2. The lowest BCUT2D eigenvalue weighted by Gasteiger charge is -2.24. The van der Waals surface area contributed by atoms with Crippen molar-refractivity contribution in [2.24, 2.45) is 0 Å². The topological polar surface area (TPSA) is 90.1 Å². The van der Waals surface area contributed by atoms with E-state index in [9.17, 15) is 14.0 Å². The number of pyridine rings is 1. The Morgan fingerprint density at radius 3 is 2.57 bits per heavy atom. The first-order valence-corrected chi connectivity index (χ1v) is 9.74. The molecule has 0 fully saturated rings. The fourth-order valence-corrected chi connectivity index (χ4v) is 2.99. The number of carbonyl (C=O) groups excluding carboxylic acids is 2. The highest BCUT2D eigenvalue weighted by Gasteiger charge is 2.24. The van der Waals surface area contributed by atoms with E-state index in [4.69, 9.17) is 0 Å². The molecule has 3 N–H and O–H groups in total. The van der Waals surface area contributed by atoms with Crippen molar-refractivity contribution in [3.63, 3.8) is 0 Å². The molecule has 0 aliphatic heterocycles. The minimum absolute atomic E-state index is 0.252. The monoisotopic (exact) mass is 411 g/mol. The van der Waals surface area contributed by atoms with Gasteiger partial charge in [-0.1, -0.05) is 12.1 Å². The summed E-state index contributed by atoms with van der Waals surface area (Å²) in [7, 11) is 3.59. The second kappa shape index (κ2) is 9.49. The predicted octanol–water partition coefficient (Wildman–Crippen LogP) is 2.00. The van der Waals surface area contributed by atoms with Crippen LogP contribution in [0.3, 0.4) is 0 Å². The fraction of sp³-hybridized carbons (Fsp3) is 0.318. The summed E-state index contributed by atoms with van der Waals surface area (Å²) in [5, 5.41) is 6.64. The number of hydrogen-bond acceptors (Lipinski definition) is 4. The molecule has 2 atom stereocenters. The van der Waals surface area contributed by atoms with Crippen LogP contribution in [0, 0.1) is 5.82 Å². The van der Waals surface area contributed by atoms with E-state index in [-0.39, 0.29) is 30.6 Å². The van der Waals surface area contributed by atoms with E-state index in [1.54, 1.807) is 50.4 Å². The van der Waals surface area contributed by atoms with Gasteiger partial charge in [-0.05, 0) is 56.4 Å². The Balaban J connectivity index is 1.70. The molecule has 2 aromatic heterocycles. The number of fused-ring (bicyclic) bond motifs is 1. The molecule has 7 nitrogen and oxygen atoms in total. The van der Waals surface area contributed by atoms with E-state index >= 15 is 0 Å². The Morgan fingerprint density at radius 2 is 1.87 bits per heavy atom. The van der Waals surface area contributed by atoms with E-state index in [2.05, 4.69) is 20.6 Å². The average molecular weight is 411 g/mol. The number of carbonyl (C=O) groups is 2. The van der Waals surface area contributed by atoms with Crippen LogP contribution < -0.4 is 10.6 Å². The van der Waals surface area contributed by atoms with Gasteiger partial charge in [0.2, 0.25) is 11.8 Å². The van der Waals surface area contributed by atoms with Crippen LogP contribution in [0.25, 0.3) is 11.0 Å². The number of nitrogens with zero attached hydrogens (tertiary/aromatic N) is 2. The number of nitrogens with one attached hydrogen (secondary N) is 3. The molecule has 0 bridgehead atoms. The summed E-state index contributed by atoms with van der Waals surface area (Å²) in [6.45, 7) is 2.05. The highest BCUT2D eigenvalue weighted by molar-refractivity contribution is 5.89. The number of amides is 2. The smallest absolute Gasteiger partial charge is 0.243 e.